The molecule has 3 aliphatic heterocycles. The zero-order chi connectivity index (χ0) is 30.8. The fourth-order valence-corrected chi connectivity index (χ4v) is 14.7. The third kappa shape index (κ3) is 5.20. The summed E-state index contributed by atoms with van der Waals surface area (Å²) in [6.07, 6.45) is 0. The van der Waals surface area contributed by atoms with Gasteiger partial charge in [-0.15, -0.1) is 0 Å². The van der Waals surface area contributed by atoms with Crippen LogP contribution in [0.2, 0.25) is 18.1 Å². The second kappa shape index (κ2) is 10.8. The molecule has 2 aromatic carbocycles. The zero-order valence-corrected chi connectivity index (χ0v) is 29.1. The standard InChI is InChI=1S/C32H42N4O3P2Si/c1-21(37)35-33-25(23-17-13-11-14-18-23)27-28-26(24-19-15-12-16-20-24)34-36(22(2)38)41(28)30(40(27)35)29(31(3,4)5)39-42(9,10)32(6,7)8/h11-20,27-28H,1-10H3/t27-,28-,40?,41?/m0/s1. The van der Waals surface area contributed by atoms with Crippen LogP contribution in [0.5, 0.6) is 0 Å². The molecule has 1 saturated heterocycles. The summed E-state index contributed by atoms with van der Waals surface area (Å²) in [4.78, 5) is 26.8. The van der Waals surface area contributed by atoms with Gasteiger partial charge in [0.05, 0.1) is 49.7 Å². The fraction of sp³-hybridized carbons (Fsp3) is 0.438. The minimum Gasteiger partial charge on any atom is -0.545 e. The van der Waals surface area contributed by atoms with Crippen LogP contribution in [0.4, 0.5) is 0 Å². The molecule has 0 bridgehead atoms. The molecule has 0 spiro atoms. The van der Waals surface area contributed by atoms with Crippen molar-refractivity contribution in [1.29, 1.82) is 0 Å². The minimum absolute atomic E-state index is 0.0364. The number of benzene rings is 2. The highest BCUT2D eigenvalue weighted by atomic mass is 31.2. The average Bonchev–Trinajstić information content (AvgIpc) is 3.56. The predicted octanol–water partition coefficient (Wildman–Crippen LogP) is 8.30. The Bertz CT molecular complexity index is 1410. The van der Waals surface area contributed by atoms with E-state index < -0.39 is 24.5 Å². The van der Waals surface area contributed by atoms with Crippen LogP contribution in [0.15, 0.2) is 81.7 Å². The van der Waals surface area contributed by atoms with Crippen LogP contribution in [0.3, 0.4) is 0 Å². The average molecular weight is 621 g/mol. The van der Waals surface area contributed by atoms with Crippen molar-refractivity contribution in [3.05, 3.63) is 82.6 Å². The van der Waals surface area contributed by atoms with E-state index in [0.717, 1.165) is 33.4 Å². The van der Waals surface area contributed by atoms with Gasteiger partial charge in [0.2, 0.25) is 20.1 Å². The molecule has 2 aromatic rings. The number of carbonyl (C=O) groups is 2. The van der Waals surface area contributed by atoms with Crippen molar-refractivity contribution in [3.8, 4) is 0 Å². The molecule has 0 N–H and O–H groups in total. The summed E-state index contributed by atoms with van der Waals surface area (Å²) in [7, 11) is -4.92. The highest BCUT2D eigenvalue weighted by molar-refractivity contribution is 7.86. The van der Waals surface area contributed by atoms with Crippen LogP contribution in [0, 0.1) is 5.41 Å². The molecule has 4 atom stereocenters. The van der Waals surface area contributed by atoms with Gasteiger partial charge in [-0.2, -0.15) is 10.2 Å². The third-order valence-electron chi connectivity index (χ3n) is 8.38. The molecular formula is C32H42N4O3P2Si. The van der Waals surface area contributed by atoms with Crippen molar-refractivity contribution >= 4 is 47.7 Å². The van der Waals surface area contributed by atoms with Gasteiger partial charge in [0.15, 0.2) is 0 Å². The highest BCUT2D eigenvalue weighted by Crippen LogP contribution is 2.83. The van der Waals surface area contributed by atoms with E-state index in [9.17, 15) is 9.59 Å². The van der Waals surface area contributed by atoms with E-state index in [-0.39, 0.29) is 33.6 Å². The molecule has 222 valence electrons. The largest absolute Gasteiger partial charge is 0.545 e. The first kappa shape index (κ1) is 30.8. The van der Waals surface area contributed by atoms with E-state index in [2.05, 4.69) is 78.9 Å². The van der Waals surface area contributed by atoms with Gasteiger partial charge in [0, 0.05) is 19.3 Å². The Morgan fingerprint density at radius 2 is 1.12 bits per heavy atom. The Hall–Kier alpha value is -2.66. The van der Waals surface area contributed by atoms with Crippen molar-refractivity contribution in [2.75, 3.05) is 0 Å². The molecule has 0 radical (unpaired) electrons. The Balaban J connectivity index is 1.84. The van der Waals surface area contributed by atoms with Gasteiger partial charge in [-0.3, -0.25) is 9.59 Å². The first-order valence-corrected chi connectivity index (χ1v) is 20.1. The molecule has 0 aromatic heterocycles. The van der Waals surface area contributed by atoms with Crippen LogP contribution in [-0.2, 0) is 14.0 Å². The van der Waals surface area contributed by atoms with Crippen LogP contribution < -0.4 is 0 Å². The SMILES string of the molecule is CC(=O)N1N=C(c2ccccc2)[C@H]2[C@@H]3C(c4ccccc4)=NN(C(C)=O)P3C(=C(O[Si](C)(C)C(C)(C)C)C(C)(C)C)P21. The molecule has 42 heavy (non-hydrogen) atoms. The molecule has 10 heteroatoms. The van der Waals surface area contributed by atoms with E-state index in [0.29, 0.717) is 0 Å². The number of nitrogens with zero attached hydrogens (tertiary/aromatic N) is 4. The summed E-state index contributed by atoms with van der Waals surface area (Å²) in [5.41, 5.74) is 3.16. The number of amides is 2. The maximum Gasteiger partial charge on any atom is 0.250 e. The number of hydrazone groups is 2. The topological polar surface area (TPSA) is 74.6 Å². The molecular weight excluding hydrogens is 578 g/mol. The Morgan fingerprint density at radius 1 is 0.738 bits per heavy atom. The second-order valence-corrected chi connectivity index (χ2v) is 22.9. The molecule has 2 unspecified atom stereocenters. The lowest BCUT2D eigenvalue weighted by Gasteiger charge is -2.42. The van der Waals surface area contributed by atoms with Gasteiger partial charge in [0.1, 0.15) is 0 Å². The summed E-state index contributed by atoms with van der Waals surface area (Å²) in [5.74, 6) is 0.711. The van der Waals surface area contributed by atoms with Crippen molar-refractivity contribution in [3.63, 3.8) is 0 Å². The van der Waals surface area contributed by atoms with Crippen LogP contribution in [0.25, 0.3) is 0 Å². The summed E-state index contributed by atoms with van der Waals surface area (Å²) in [6.45, 7) is 21.0. The van der Waals surface area contributed by atoms with Gasteiger partial charge >= 0.3 is 0 Å². The van der Waals surface area contributed by atoms with Crippen LogP contribution in [-0.4, -0.2) is 52.4 Å². The Labute approximate surface area is 253 Å². The molecule has 5 rings (SSSR count). The van der Waals surface area contributed by atoms with Crippen molar-refractivity contribution in [2.45, 2.75) is 84.8 Å². The van der Waals surface area contributed by atoms with E-state index in [1.807, 2.05) is 36.4 Å². The molecule has 3 heterocycles. The van der Waals surface area contributed by atoms with Gasteiger partial charge in [-0.05, 0) is 29.3 Å². The van der Waals surface area contributed by atoms with Crippen molar-refractivity contribution < 1.29 is 14.0 Å². The summed E-state index contributed by atoms with van der Waals surface area (Å²) in [6, 6.07) is 20.3. The zero-order valence-electron chi connectivity index (χ0n) is 26.3. The number of carbonyl (C=O) groups excluding carboxylic acids is 2. The first-order valence-electron chi connectivity index (χ1n) is 14.5. The lowest BCUT2D eigenvalue weighted by Crippen LogP contribution is -2.42. The van der Waals surface area contributed by atoms with E-state index in [1.54, 1.807) is 23.4 Å². The number of allylic oxidation sites excluding steroid dienone is 1. The normalized spacial score (nSPS) is 23.8. The molecule has 0 saturated carbocycles. The quantitative estimate of drug-likeness (QED) is 0.196. The molecule has 7 nitrogen and oxygen atoms in total. The van der Waals surface area contributed by atoms with E-state index >= 15 is 0 Å². The van der Waals surface area contributed by atoms with Crippen LogP contribution >= 0.6 is 16.1 Å². The smallest absolute Gasteiger partial charge is 0.250 e. The summed E-state index contributed by atoms with van der Waals surface area (Å²) in [5, 5.41) is 11.2. The molecule has 0 aliphatic carbocycles. The van der Waals surface area contributed by atoms with Gasteiger partial charge in [-0.1, -0.05) is 102 Å². The summed E-state index contributed by atoms with van der Waals surface area (Å²) >= 11 is 0. The number of hydrogen-bond acceptors (Lipinski definition) is 5. The molecule has 2 amide bonds. The molecule has 3 aliphatic rings. The number of rotatable bonds is 4. The fourth-order valence-electron chi connectivity index (χ4n) is 5.27. The maximum absolute atomic E-state index is 13.4. The van der Waals surface area contributed by atoms with Gasteiger partial charge < -0.3 is 4.43 Å². The maximum atomic E-state index is 13.4. The second-order valence-electron chi connectivity index (χ2n) is 13.7. The minimum atomic E-state index is -2.31. The molecule has 1 fully saturated rings. The Morgan fingerprint density at radius 3 is 1.43 bits per heavy atom. The van der Waals surface area contributed by atoms with Crippen molar-refractivity contribution in [1.82, 2.24) is 9.56 Å². The lowest BCUT2D eigenvalue weighted by atomic mass is 9.95. The van der Waals surface area contributed by atoms with E-state index in [4.69, 9.17) is 14.6 Å². The number of hydrogen-bond donors (Lipinski definition) is 0. The Kier molecular flexibility index (Phi) is 7.92. The lowest BCUT2D eigenvalue weighted by molar-refractivity contribution is -0.124. The van der Waals surface area contributed by atoms with E-state index in [1.165, 1.54) is 0 Å². The van der Waals surface area contributed by atoms with Gasteiger partial charge in [-0.25, -0.2) is 9.56 Å². The van der Waals surface area contributed by atoms with Crippen molar-refractivity contribution in [2.24, 2.45) is 15.6 Å². The highest BCUT2D eigenvalue weighted by Gasteiger charge is 2.64. The summed E-state index contributed by atoms with van der Waals surface area (Å²) < 4.78 is 10.7. The monoisotopic (exact) mass is 620 g/mol. The van der Waals surface area contributed by atoms with Gasteiger partial charge in [0.25, 0.3) is 0 Å². The number of fused-ring (bicyclic) bond motifs is 3. The van der Waals surface area contributed by atoms with Crippen LogP contribution in [0.1, 0.15) is 66.5 Å². The first-order chi connectivity index (χ1) is 19.5. The predicted molar refractivity (Wildman–Crippen MR) is 177 cm³/mol. The third-order valence-corrected chi connectivity index (χ3v) is 19.1.